The third-order valence-electron chi connectivity index (χ3n) is 9.49. The Balaban J connectivity index is 1.39. The molecule has 6 atom stereocenters. The maximum atomic E-state index is 10.8. The molecule has 0 saturated carbocycles. The summed E-state index contributed by atoms with van der Waals surface area (Å²) in [5.41, 5.74) is 3.05. The average Bonchev–Trinajstić information content (AvgIpc) is 3.84. The minimum absolute atomic E-state index is 0.297. The van der Waals surface area contributed by atoms with E-state index in [4.69, 9.17) is 14.7 Å². The molecule has 2 aromatic carbocycles. The van der Waals surface area contributed by atoms with E-state index in [-0.39, 0.29) is 11.1 Å². The number of nitrogens with zero attached hydrogens (tertiary/aromatic N) is 5. The van der Waals surface area contributed by atoms with Crippen LogP contribution in [0.3, 0.4) is 0 Å². The van der Waals surface area contributed by atoms with Gasteiger partial charge in [0.1, 0.15) is 24.6 Å². The maximum absolute atomic E-state index is 10.8. The van der Waals surface area contributed by atoms with E-state index in [2.05, 4.69) is 81.2 Å². The van der Waals surface area contributed by atoms with Crippen LogP contribution in [0.25, 0.3) is 11.2 Å². The van der Waals surface area contributed by atoms with Gasteiger partial charge in [-0.05, 0) is 49.9 Å². The molecule has 0 spiro atoms. The van der Waals surface area contributed by atoms with Gasteiger partial charge >= 0.3 is 0 Å². The van der Waals surface area contributed by atoms with E-state index in [1.54, 1.807) is 17.2 Å². The molecule has 0 aliphatic carbocycles. The minimum Gasteiger partial charge on any atom is -0.394 e. The number of anilines is 1. The Kier molecular flexibility index (Phi) is 7.62. The maximum Gasteiger partial charge on any atom is 0.167 e. The van der Waals surface area contributed by atoms with Crippen LogP contribution in [0.15, 0.2) is 73.3 Å². The van der Waals surface area contributed by atoms with Gasteiger partial charge in [0.15, 0.2) is 23.2 Å². The van der Waals surface area contributed by atoms with Gasteiger partial charge in [-0.1, -0.05) is 60.7 Å². The van der Waals surface area contributed by atoms with Crippen LogP contribution in [0.2, 0.25) is 0 Å². The van der Waals surface area contributed by atoms with Crippen molar-refractivity contribution >= 4 is 17.0 Å². The SMILES string of the molecule is OC[C@H]1O[C@@H](n2cnc3c(N([C@]4(Cc5ccccc5)CCNC4)[C@]4(Cc5ccccc5)CCNC4)ncnc32)[C@H](O)[C@@H]1O. The molecular weight excluding hydrogens is 546 g/mol. The quantitative estimate of drug-likeness (QED) is 0.195. The van der Waals surface area contributed by atoms with Gasteiger partial charge < -0.3 is 35.6 Å². The van der Waals surface area contributed by atoms with E-state index in [0.717, 1.165) is 57.7 Å². The van der Waals surface area contributed by atoms with Crippen molar-refractivity contribution in [1.29, 1.82) is 0 Å². The Morgan fingerprint density at radius 3 is 1.95 bits per heavy atom. The largest absolute Gasteiger partial charge is 0.394 e. The van der Waals surface area contributed by atoms with E-state index in [0.29, 0.717) is 11.2 Å². The third kappa shape index (κ3) is 4.99. The fraction of sp³-hybridized carbons (Fsp3) is 0.469. The van der Waals surface area contributed by atoms with Crippen molar-refractivity contribution in [3.05, 3.63) is 84.4 Å². The van der Waals surface area contributed by atoms with Gasteiger partial charge in [-0.2, -0.15) is 0 Å². The highest BCUT2D eigenvalue weighted by Crippen LogP contribution is 2.44. The smallest absolute Gasteiger partial charge is 0.167 e. The summed E-state index contributed by atoms with van der Waals surface area (Å²) < 4.78 is 7.51. The number of benzene rings is 2. The first-order valence-electron chi connectivity index (χ1n) is 15.1. The normalized spacial score (nSPS) is 30.8. The van der Waals surface area contributed by atoms with Crippen LogP contribution in [0.5, 0.6) is 0 Å². The molecule has 226 valence electrons. The molecule has 3 aliphatic heterocycles. The number of nitrogens with one attached hydrogen (secondary N) is 2. The van der Waals surface area contributed by atoms with Gasteiger partial charge in [-0.25, -0.2) is 15.0 Å². The summed E-state index contributed by atoms with van der Waals surface area (Å²) in [5.74, 6) is 0.745. The van der Waals surface area contributed by atoms with Crippen molar-refractivity contribution in [2.24, 2.45) is 0 Å². The topological polar surface area (TPSA) is 141 Å². The first-order valence-corrected chi connectivity index (χ1v) is 15.1. The first-order chi connectivity index (χ1) is 21.0. The highest BCUT2D eigenvalue weighted by molar-refractivity contribution is 5.84. The molecule has 4 aromatic rings. The molecule has 5 N–H and O–H groups in total. The van der Waals surface area contributed by atoms with Crippen LogP contribution in [0.1, 0.15) is 30.2 Å². The van der Waals surface area contributed by atoms with Crippen LogP contribution < -0.4 is 15.5 Å². The third-order valence-corrected chi connectivity index (χ3v) is 9.49. The Bertz CT molecular complexity index is 1460. The van der Waals surface area contributed by atoms with Crippen molar-refractivity contribution in [3.63, 3.8) is 0 Å². The van der Waals surface area contributed by atoms with E-state index in [9.17, 15) is 15.3 Å². The molecular formula is C32H39N7O4. The fourth-order valence-corrected chi connectivity index (χ4v) is 7.51. The number of hydrogen-bond donors (Lipinski definition) is 5. The van der Waals surface area contributed by atoms with Crippen molar-refractivity contribution in [2.45, 2.75) is 61.3 Å². The highest BCUT2D eigenvalue weighted by Gasteiger charge is 2.53. The summed E-state index contributed by atoms with van der Waals surface area (Å²) in [6.07, 6.45) is 2.38. The number of aliphatic hydroxyl groups excluding tert-OH is 3. The Morgan fingerprint density at radius 1 is 0.837 bits per heavy atom. The molecule has 2 aromatic heterocycles. The van der Waals surface area contributed by atoms with Crippen molar-refractivity contribution < 1.29 is 20.1 Å². The van der Waals surface area contributed by atoms with E-state index in [1.807, 2.05) is 0 Å². The Morgan fingerprint density at radius 2 is 1.44 bits per heavy atom. The number of imidazole rings is 1. The number of ether oxygens (including phenoxy) is 1. The lowest BCUT2D eigenvalue weighted by Gasteiger charge is -2.52. The van der Waals surface area contributed by atoms with Gasteiger partial charge in [-0.3, -0.25) is 4.57 Å². The number of rotatable bonds is 9. The second-order valence-electron chi connectivity index (χ2n) is 12.2. The minimum atomic E-state index is -1.24. The molecule has 0 amide bonds. The summed E-state index contributed by atoms with van der Waals surface area (Å²) in [6, 6.07) is 21.3. The molecule has 43 heavy (non-hydrogen) atoms. The van der Waals surface area contributed by atoms with E-state index >= 15 is 0 Å². The summed E-state index contributed by atoms with van der Waals surface area (Å²) >= 11 is 0. The first kappa shape index (κ1) is 28.3. The molecule has 0 radical (unpaired) electrons. The Labute approximate surface area is 250 Å². The highest BCUT2D eigenvalue weighted by atomic mass is 16.6. The van der Waals surface area contributed by atoms with Crippen LogP contribution in [0, 0.1) is 0 Å². The zero-order valence-corrected chi connectivity index (χ0v) is 24.1. The molecule has 0 bridgehead atoms. The lowest BCUT2D eigenvalue weighted by molar-refractivity contribution is -0.0511. The lowest BCUT2D eigenvalue weighted by Crippen LogP contribution is -2.65. The molecule has 7 rings (SSSR count). The summed E-state index contributed by atoms with van der Waals surface area (Å²) in [6.45, 7) is 2.96. The summed E-state index contributed by atoms with van der Waals surface area (Å²) in [5, 5.41) is 38.3. The molecule has 11 nitrogen and oxygen atoms in total. The van der Waals surface area contributed by atoms with Gasteiger partial charge in [-0.15, -0.1) is 0 Å². The van der Waals surface area contributed by atoms with E-state index < -0.39 is 31.1 Å². The monoisotopic (exact) mass is 585 g/mol. The predicted molar refractivity (Wildman–Crippen MR) is 162 cm³/mol. The number of fused-ring (bicyclic) bond motifs is 1. The van der Waals surface area contributed by atoms with Crippen LogP contribution in [0.4, 0.5) is 5.82 Å². The molecule has 5 heterocycles. The van der Waals surface area contributed by atoms with Crippen LogP contribution in [-0.2, 0) is 17.6 Å². The van der Waals surface area contributed by atoms with Crippen molar-refractivity contribution in [2.75, 3.05) is 37.7 Å². The number of aliphatic hydroxyl groups is 3. The van der Waals surface area contributed by atoms with Gasteiger partial charge in [0.2, 0.25) is 0 Å². The molecule has 3 aliphatic rings. The molecule has 3 saturated heterocycles. The van der Waals surface area contributed by atoms with Crippen molar-refractivity contribution in [3.8, 4) is 0 Å². The standard InChI is InChI=1S/C32H39N7O4/c40-17-24-26(41)27(42)30(43-24)38-21-37-25-28(38)35-20-36-29(25)39(31(11-13-33-18-31)15-22-7-3-1-4-8-22)32(12-14-34-19-32)16-23-9-5-2-6-10-23/h1-10,20-21,24,26-27,30,33-34,40-42H,11-19H2/t24-,26-,27-,30-,31+,32+/m1/s1. The number of aromatic nitrogens is 4. The second-order valence-corrected chi connectivity index (χ2v) is 12.2. The van der Waals surface area contributed by atoms with Crippen LogP contribution in [-0.4, -0.2) is 97.0 Å². The van der Waals surface area contributed by atoms with Crippen LogP contribution >= 0.6 is 0 Å². The van der Waals surface area contributed by atoms with Gasteiger partial charge in [0.05, 0.1) is 24.0 Å². The lowest BCUT2D eigenvalue weighted by atomic mass is 9.79. The average molecular weight is 586 g/mol. The second kappa shape index (κ2) is 11.6. The summed E-state index contributed by atoms with van der Waals surface area (Å²) in [4.78, 5) is 17.0. The molecule has 0 unspecified atom stereocenters. The van der Waals surface area contributed by atoms with Gasteiger partial charge in [0.25, 0.3) is 0 Å². The molecule has 11 heteroatoms. The van der Waals surface area contributed by atoms with Gasteiger partial charge in [0, 0.05) is 13.1 Å². The molecule has 3 fully saturated rings. The zero-order valence-electron chi connectivity index (χ0n) is 24.1. The van der Waals surface area contributed by atoms with E-state index in [1.165, 1.54) is 11.1 Å². The number of hydrogen-bond acceptors (Lipinski definition) is 10. The fourth-order valence-electron chi connectivity index (χ4n) is 7.51. The zero-order chi connectivity index (χ0) is 29.4. The predicted octanol–water partition coefficient (Wildman–Crippen LogP) is 1.19. The summed E-state index contributed by atoms with van der Waals surface area (Å²) in [7, 11) is 0. The van der Waals surface area contributed by atoms with Crippen molar-refractivity contribution in [1.82, 2.24) is 30.2 Å². The Hall–Kier alpha value is -3.45.